The van der Waals surface area contributed by atoms with Crippen molar-refractivity contribution >= 4 is 17.8 Å². The summed E-state index contributed by atoms with van der Waals surface area (Å²) in [4.78, 5) is 41.0. The molecule has 1 N–H and O–H groups in total. The third-order valence-corrected chi connectivity index (χ3v) is 5.13. The Morgan fingerprint density at radius 2 is 2.00 bits per heavy atom. The van der Waals surface area contributed by atoms with Gasteiger partial charge >= 0.3 is 6.03 Å². The zero-order valence-electron chi connectivity index (χ0n) is 15.0. The number of carbonyl (C=O) groups is 2. The maximum absolute atomic E-state index is 12.7. The Kier molecular flexibility index (Phi) is 4.95. The molecule has 0 aromatic carbocycles. The average Bonchev–Trinajstić information content (AvgIpc) is 3.37. The molecule has 0 radical (unpaired) electrons. The molecule has 8 nitrogen and oxygen atoms in total. The SMILES string of the molecule is O=C(NCc1cnc(N2CCN(C3CCCC3)C2=O)cn1)c1cccnc1. The van der Waals surface area contributed by atoms with Gasteiger partial charge in [-0.15, -0.1) is 0 Å². The molecular formula is C19H22N6O2. The summed E-state index contributed by atoms with van der Waals surface area (Å²) >= 11 is 0. The summed E-state index contributed by atoms with van der Waals surface area (Å²) in [7, 11) is 0. The van der Waals surface area contributed by atoms with Crippen LogP contribution in [0.25, 0.3) is 0 Å². The lowest BCUT2D eigenvalue weighted by Gasteiger charge is -2.23. The van der Waals surface area contributed by atoms with E-state index in [1.54, 1.807) is 35.6 Å². The summed E-state index contributed by atoms with van der Waals surface area (Å²) < 4.78 is 0. The van der Waals surface area contributed by atoms with Gasteiger partial charge in [-0.05, 0) is 25.0 Å². The molecule has 2 aliphatic rings. The van der Waals surface area contributed by atoms with E-state index < -0.39 is 0 Å². The van der Waals surface area contributed by atoms with Crippen molar-refractivity contribution in [2.45, 2.75) is 38.3 Å². The number of nitrogens with one attached hydrogen (secondary N) is 1. The minimum Gasteiger partial charge on any atom is -0.346 e. The van der Waals surface area contributed by atoms with Gasteiger partial charge in [0.1, 0.15) is 0 Å². The van der Waals surface area contributed by atoms with Crippen molar-refractivity contribution in [3.63, 3.8) is 0 Å². The molecule has 0 atom stereocenters. The van der Waals surface area contributed by atoms with E-state index in [-0.39, 0.29) is 18.5 Å². The molecule has 0 unspecified atom stereocenters. The van der Waals surface area contributed by atoms with Gasteiger partial charge in [0.2, 0.25) is 0 Å². The molecule has 1 saturated heterocycles. The normalized spacial score (nSPS) is 17.6. The van der Waals surface area contributed by atoms with Gasteiger partial charge in [0.15, 0.2) is 5.82 Å². The van der Waals surface area contributed by atoms with Crippen LogP contribution >= 0.6 is 0 Å². The molecule has 27 heavy (non-hydrogen) atoms. The first kappa shape index (κ1) is 17.4. The lowest BCUT2D eigenvalue weighted by molar-refractivity contribution is 0.0950. The summed E-state index contributed by atoms with van der Waals surface area (Å²) in [5.41, 5.74) is 1.13. The topological polar surface area (TPSA) is 91.3 Å². The highest BCUT2D eigenvalue weighted by Crippen LogP contribution is 2.28. The fourth-order valence-corrected chi connectivity index (χ4v) is 3.67. The van der Waals surface area contributed by atoms with E-state index in [0.29, 0.717) is 29.7 Å². The van der Waals surface area contributed by atoms with E-state index in [0.717, 1.165) is 19.4 Å². The van der Waals surface area contributed by atoms with Crippen molar-refractivity contribution in [2.24, 2.45) is 0 Å². The highest BCUT2D eigenvalue weighted by Gasteiger charge is 2.36. The van der Waals surface area contributed by atoms with Crippen LogP contribution in [-0.4, -0.2) is 50.9 Å². The van der Waals surface area contributed by atoms with Gasteiger partial charge in [-0.3, -0.25) is 19.7 Å². The van der Waals surface area contributed by atoms with Gasteiger partial charge in [-0.25, -0.2) is 9.78 Å². The van der Waals surface area contributed by atoms with E-state index in [9.17, 15) is 9.59 Å². The molecule has 0 spiro atoms. The van der Waals surface area contributed by atoms with Crippen molar-refractivity contribution in [1.82, 2.24) is 25.2 Å². The standard InChI is InChI=1S/C19H22N6O2/c26-18(14-4-3-7-20-10-14)23-12-15-11-22-17(13-21-15)25-9-8-24(19(25)27)16-5-1-2-6-16/h3-4,7,10-11,13,16H,1-2,5-6,8-9,12H2,(H,23,26). The van der Waals surface area contributed by atoms with E-state index in [1.165, 1.54) is 19.0 Å². The Morgan fingerprint density at radius 3 is 2.70 bits per heavy atom. The third-order valence-electron chi connectivity index (χ3n) is 5.13. The fourth-order valence-electron chi connectivity index (χ4n) is 3.67. The smallest absolute Gasteiger partial charge is 0.326 e. The predicted molar refractivity (Wildman–Crippen MR) is 99.1 cm³/mol. The van der Waals surface area contributed by atoms with Crippen LogP contribution in [0.1, 0.15) is 41.7 Å². The lowest BCUT2D eigenvalue weighted by Crippen LogP contribution is -2.38. The molecule has 1 saturated carbocycles. The number of rotatable bonds is 5. The summed E-state index contributed by atoms with van der Waals surface area (Å²) in [6.45, 7) is 1.65. The van der Waals surface area contributed by atoms with Gasteiger partial charge in [0, 0.05) is 31.5 Å². The second kappa shape index (κ2) is 7.69. The van der Waals surface area contributed by atoms with Gasteiger partial charge < -0.3 is 10.2 Å². The van der Waals surface area contributed by atoms with Crippen molar-refractivity contribution in [1.29, 1.82) is 0 Å². The van der Waals surface area contributed by atoms with Gasteiger partial charge in [-0.2, -0.15) is 0 Å². The minimum absolute atomic E-state index is 0.0221. The molecule has 4 rings (SSSR count). The number of carbonyl (C=O) groups excluding carboxylic acids is 2. The first-order valence-electron chi connectivity index (χ1n) is 9.29. The van der Waals surface area contributed by atoms with Crippen molar-refractivity contribution in [3.8, 4) is 0 Å². The Morgan fingerprint density at radius 1 is 1.15 bits per heavy atom. The number of urea groups is 1. The van der Waals surface area contributed by atoms with E-state index in [4.69, 9.17) is 0 Å². The maximum atomic E-state index is 12.7. The molecule has 8 heteroatoms. The summed E-state index contributed by atoms with van der Waals surface area (Å²) in [6, 6.07) is 3.81. The summed E-state index contributed by atoms with van der Waals surface area (Å²) in [6.07, 6.45) is 10.9. The zero-order chi connectivity index (χ0) is 18.6. The van der Waals surface area contributed by atoms with Crippen LogP contribution in [0.3, 0.4) is 0 Å². The maximum Gasteiger partial charge on any atom is 0.326 e. The third kappa shape index (κ3) is 3.74. The molecule has 1 aliphatic carbocycles. The van der Waals surface area contributed by atoms with Crippen molar-refractivity contribution in [2.75, 3.05) is 18.0 Å². The first-order valence-corrected chi connectivity index (χ1v) is 9.29. The molecule has 140 valence electrons. The number of hydrogen-bond acceptors (Lipinski definition) is 5. The lowest BCUT2D eigenvalue weighted by atomic mass is 10.2. The Hall–Kier alpha value is -3.03. The molecular weight excluding hydrogens is 344 g/mol. The molecule has 2 aromatic rings. The number of anilines is 1. The predicted octanol–water partition coefficient (Wildman–Crippen LogP) is 1.99. The highest BCUT2D eigenvalue weighted by atomic mass is 16.2. The van der Waals surface area contributed by atoms with Gasteiger partial charge in [0.25, 0.3) is 5.91 Å². The van der Waals surface area contributed by atoms with Gasteiger partial charge in [0.05, 0.1) is 30.2 Å². The van der Waals surface area contributed by atoms with Crippen LogP contribution < -0.4 is 10.2 Å². The minimum atomic E-state index is -0.212. The second-order valence-electron chi connectivity index (χ2n) is 6.86. The quantitative estimate of drug-likeness (QED) is 0.874. The van der Waals surface area contributed by atoms with Crippen LogP contribution in [0.2, 0.25) is 0 Å². The highest BCUT2D eigenvalue weighted by molar-refractivity contribution is 5.94. The molecule has 2 aromatic heterocycles. The fraction of sp³-hybridized carbons (Fsp3) is 0.421. The van der Waals surface area contributed by atoms with Crippen LogP contribution in [0.5, 0.6) is 0 Å². The molecule has 1 aliphatic heterocycles. The Labute approximate surface area is 157 Å². The number of nitrogens with zero attached hydrogens (tertiary/aromatic N) is 5. The van der Waals surface area contributed by atoms with Crippen molar-refractivity contribution < 1.29 is 9.59 Å². The molecule has 3 heterocycles. The van der Waals surface area contributed by atoms with E-state index >= 15 is 0 Å². The van der Waals surface area contributed by atoms with Crippen molar-refractivity contribution in [3.05, 3.63) is 48.2 Å². The number of hydrogen-bond donors (Lipinski definition) is 1. The number of amides is 3. The largest absolute Gasteiger partial charge is 0.346 e. The Balaban J connectivity index is 1.35. The summed E-state index contributed by atoms with van der Waals surface area (Å²) in [5, 5.41) is 2.79. The van der Waals surface area contributed by atoms with Crippen LogP contribution in [0, 0.1) is 0 Å². The molecule has 3 amide bonds. The van der Waals surface area contributed by atoms with Crippen LogP contribution in [-0.2, 0) is 6.54 Å². The van der Waals surface area contributed by atoms with Gasteiger partial charge in [-0.1, -0.05) is 12.8 Å². The summed E-state index contributed by atoms with van der Waals surface area (Å²) in [5.74, 6) is 0.346. The van der Waals surface area contributed by atoms with E-state index in [2.05, 4.69) is 20.3 Å². The monoisotopic (exact) mass is 366 g/mol. The number of aromatic nitrogens is 3. The van der Waals surface area contributed by atoms with Crippen LogP contribution in [0.4, 0.5) is 10.6 Å². The van der Waals surface area contributed by atoms with Crippen LogP contribution in [0.15, 0.2) is 36.9 Å². The van der Waals surface area contributed by atoms with E-state index in [1.807, 2.05) is 4.90 Å². The number of pyridine rings is 1. The molecule has 0 bridgehead atoms. The second-order valence-corrected chi connectivity index (χ2v) is 6.86. The first-order chi connectivity index (χ1) is 13.2. The zero-order valence-corrected chi connectivity index (χ0v) is 15.0. The Bertz CT molecular complexity index is 805. The average molecular weight is 366 g/mol. The molecule has 2 fully saturated rings.